The first-order valence-electron chi connectivity index (χ1n) is 5.71. The van der Waals surface area contributed by atoms with Gasteiger partial charge in [-0.2, -0.15) is 0 Å². The summed E-state index contributed by atoms with van der Waals surface area (Å²) < 4.78 is 1.22. The SMILES string of the molecule is OC(Cc1ccccc1)Cc1ccccc1I. The van der Waals surface area contributed by atoms with E-state index in [4.69, 9.17) is 0 Å². The van der Waals surface area contributed by atoms with Gasteiger partial charge in [-0.25, -0.2) is 0 Å². The van der Waals surface area contributed by atoms with Crippen LogP contribution in [-0.2, 0) is 12.8 Å². The van der Waals surface area contributed by atoms with Gasteiger partial charge in [0, 0.05) is 3.57 Å². The lowest BCUT2D eigenvalue weighted by molar-refractivity contribution is 0.175. The summed E-state index contributed by atoms with van der Waals surface area (Å²) in [5, 5.41) is 10.1. The molecule has 0 fully saturated rings. The molecule has 88 valence electrons. The third kappa shape index (κ3) is 3.82. The Bertz CT molecular complexity index is 467. The Morgan fingerprint density at radius 2 is 1.53 bits per heavy atom. The Morgan fingerprint density at radius 3 is 2.24 bits per heavy atom. The van der Waals surface area contributed by atoms with Crippen LogP contribution in [0.2, 0.25) is 0 Å². The van der Waals surface area contributed by atoms with Crippen LogP contribution >= 0.6 is 22.6 Å². The second kappa shape index (κ2) is 6.17. The molecule has 1 atom stereocenters. The lowest BCUT2D eigenvalue weighted by Crippen LogP contribution is -2.14. The molecule has 1 nitrogen and oxygen atoms in total. The third-order valence-electron chi connectivity index (χ3n) is 2.73. The van der Waals surface area contributed by atoms with Gasteiger partial charge in [0.2, 0.25) is 0 Å². The molecule has 1 unspecified atom stereocenters. The maximum Gasteiger partial charge on any atom is 0.0621 e. The highest BCUT2D eigenvalue weighted by Gasteiger charge is 2.08. The summed E-state index contributed by atoms with van der Waals surface area (Å²) in [6, 6.07) is 18.3. The zero-order valence-corrected chi connectivity index (χ0v) is 11.7. The maximum absolute atomic E-state index is 10.1. The minimum atomic E-state index is -0.312. The number of halogens is 1. The average Bonchev–Trinajstić information content (AvgIpc) is 2.33. The normalized spacial score (nSPS) is 12.4. The number of hydrogen-bond donors (Lipinski definition) is 1. The van der Waals surface area contributed by atoms with Crippen molar-refractivity contribution in [3.05, 3.63) is 69.3 Å². The second-order valence-corrected chi connectivity index (χ2v) is 5.30. The van der Waals surface area contributed by atoms with Gasteiger partial charge < -0.3 is 5.11 Å². The van der Waals surface area contributed by atoms with Gasteiger partial charge in [0.1, 0.15) is 0 Å². The fourth-order valence-electron chi connectivity index (χ4n) is 1.88. The lowest BCUT2D eigenvalue weighted by Gasteiger charge is -2.11. The van der Waals surface area contributed by atoms with E-state index in [9.17, 15) is 5.11 Å². The van der Waals surface area contributed by atoms with Gasteiger partial charge in [0.05, 0.1) is 6.10 Å². The average molecular weight is 338 g/mol. The van der Waals surface area contributed by atoms with Crippen LogP contribution in [0.15, 0.2) is 54.6 Å². The van der Waals surface area contributed by atoms with Gasteiger partial charge in [-0.15, -0.1) is 0 Å². The first-order valence-corrected chi connectivity index (χ1v) is 6.79. The molecule has 0 aliphatic carbocycles. The summed E-state index contributed by atoms with van der Waals surface area (Å²) in [6.07, 6.45) is 1.12. The molecule has 0 aliphatic heterocycles. The number of aliphatic hydroxyl groups excluding tert-OH is 1. The van der Waals surface area contributed by atoms with Crippen molar-refractivity contribution in [1.29, 1.82) is 0 Å². The predicted octanol–water partition coefficient (Wildman–Crippen LogP) is 3.44. The molecule has 0 bridgehead atoms. The first-order chi connectivity index (χ1) is 8.25. The fourth-order valence-corrected chi connectivity index (χ4v) is 2.48. The molecule has 0 saturated heterocycles. The van der Waals surface area contributed by atoms with Crippen molar-refractivity contribution in [2.24, 2.45) is 0 Å². The molecular formula is C15H15IO. The van der Waals surface area contributed by atoms with Crippen LogP contribution < -0.4 is 0 Å². The van der Waals surface area contributed by atoms with Gasteiger partial charge in [0.15, 0.2) is 0 Å². The van der Waals surface area contributed by atoms with Gasteiger partial charge >= 0.3 is 0 Å². The van der Waals surface area contributed by atoms with E-state index in [2.05, 4.69) is 46.9 Å². The van der Waals surface area contributed by atoms with Crippen LogP contribution in [0, 0.1) is 3.57 Å². The molecule has 2 aromatic rings. The van der Waals surface area contributed by atoms with E-state index in [1.165, 1.54) is 14.7 Å². The van der Waals surface area contributed by atoms with Crippen LogP contribution in [-0.4, -0.2) is 11.2 Å². The van der Waals surface area contributed by atoms with E-state index >= 15 is 0 Å². The molecule has 0 radical (unpaired) electrons. The minimum Gasteiger partial charge on any atom is -0.392 e. The second-order valence-electron chi connectivity index (χ2n) is 4.14. The maximum atomic E-state index is 10.1. The highest BCUT2D eigenvalue weighted by Crippen LogP contribution is 2.15. The van der Waals surface area contributed by atoms with E-state index in [1.807, 2.05) is 30.3 Å². The molecule has 0 aliphatic rings. The van der Waals surface area contributed by atoms with Crippen LogP contribution in [0.25, 0.3) is 0 Å². The van der Waals surface area contributed by atoms with Gasteiger partial charge in [-0.3, -0.25) is 0 Å². The Labute approximate surface area is 116 Å². The van der Waals surface area contributed by atoms with Crippen molar-refractivity contribution in [3.63, 3.8) is 0 Å². The van der Waals surface area contributed by atoms with Crippen molar-refractivity contribution in [1.82, 2.24) is 0 Å². The smallest absolute Gasteiger partial charge is 0.0621 e. The van der Waals surface area contributed by atoms with Crippen molar-refractivity contribution in [2.75, 3.05) is 0 Å². The Kier molecular flexibility index (Phi) is 4.57. The van der Waals surface area contributed by atoms with Crippen molar-refractivity contribution >= 4 is 22.6 Å². The topological polar surface area (TPSA) is 20.2 Å². The van der Waals surface area contributed by atoms with Gasteiger partial charge in [-0.1, -0.05) is 48.5 Å². The van der Waals surface area contributed by atoms with Crippen molar-refractivity contribution < 1.29 is 5.11 Å². The highest BCUT2D eigenvalue weighted by molar-refractivity contribution is 14.1. The first kappa shape index (κ1) is 12.6. The van der Waals surface area contributed by atoms with E-state index in [0.29, 0.717) is 12.8 Å². The molecule has 2 heteroatoms. The van der Waals surface area contributed by atoms with Gasteiger partial charge in [-0.05, 0) is 52.6 Å². The van der Waals surface area contributed by atoms with E-state index in [-0.39, 0.29) is 6.10 Å². The van der Waals surface area contributed by atoms with E-state index in [1.54, 1.807) is 0 Å². The summed E-state index contributed by atoms with van der Waals surface area (Å²) in [4.78, 5) is 0. The molecule has 0 spiro atoms. The third-order valence-corrected chi connectivity index (χ3v) is 3.78. The quantitative estimate of drug-likeness (QED) is 0.847. The molecule has 0 amide bonds. The van der Waals surface area contributed by atoms with Crippen molar-refractivity contribution in [2.45, 2.75) is 18.9 Å². The predicted molar refractivity (Wildman–Crippen MR) is 79.0 cm³/mol. The standard InChI is InChI=1S/C15H15IO/c16-15-9-5-4-8-13(15)11-14(17)10-12-6-2-1-3-7-12/h1-9,14,17H,10-11H2. The number of benzene rings is 2. The summed E-state index contributed by atoms with van der Waals surface area (Å²) in [7, 11) is 0. The van der Waals surface area contributed by atoms with Crippen molar-refractivity contribution in [3.8, 4) is 0 Å². The molecule has 1 N–H and O–H groups in total. The minimum absolute atomic E-state index is 0.312. The molecule has 2 aromatic carbocycles. The Hall–Kier alpha value is -0.870. The molecule has 0 saturated carbocycles. The number of aliphatic hydroxyl groups is 1. The summed E-state index contributed by atoms with van der Waals surface area (Å²) >= 11 is 2.31. The Balaban J connectivity index is 1.98. The van der Waals surface area contributed by atoms with E-state index < -0.39 is 0 Å². The summed E-state index contributed by atoms with van der Waals surface area (Å²) in [6.45, 7) is 0. The molecule has 2 rings (SSSR count). The largest absolute Gasteiger partial charge is 0.392 e. The van der Waals surface area contributed by atoms with Crippen LogP contribution in [0.4, 0.5) is 0 Å². The summed E-state index contributed by atoms with van der Waals surface area (Å²) in [5.74, 6) is 0. The molecule has 0 aromatic heterocycles. The van der Waals surface area contributed by atoms with E-state index in [0.717, 1.165) is 0 Å². The zero-order valence-electron chi connectivity index (χ0n) is 9.51. The number of hydrogen-bond acceptors (Lipinski definition) is 1. The zero-order chi connectivity index (χ0) is 12.1. The lowest BCUT2D eigenvalue weighted by atomic mass is 10.0. The highest BCUT2D eigenvalue weighted by atomic mass is 127. The Morgan fingerprint density at radius 1 is 0.882 bits per heavy atom. The summed E-state index contributed by atoms with van der Waals surface area (Å²) in [5.41, 5.74) is 2.41. The van der Waals surface area contributed by atoms with Crippen LogP contribution in [0.3, 0.4) is 0 Å². The van der Waals surface area contributed by atoms with Crippen LogP contribution in [0.5, 0.6) is 0 Å². The fraction of sp³-hybridized carbons (Fsp3) is 0.200. The molecular weight excluding hydrogens is 323 g/mol. The molecule has 0 heterocycles. The molecule has 17 heavy (non-hydrogen) atoms. The monoisotopic (exact) mass is 338 g/mol. The van der Waals surface area contributed by atoms with Crippen LogP contribution in [0.1, 0.15) is 11.1 Å². The van der Waals surface area contributed by atoms with Gasteiger partial charge in [0.25, 0.3) is 0 Å². The number of rotatable bonds is 4.